The van der Waals surface area contributed by atoms with Crippen LogP contribution in [0.15, 0.2) is 35.0 Å². The average molecular weight is 250 g/mol. The monoisotopic (exact) mass is 250 g/mol. The van der Waals surface area contributed by atoms with Gasteiger partial charge in [-0.1, -0.05) is 37.3 Å². The van der Waals surface area contributed by atoms with Crippen LogP contribution in [0.5, 0.6) is 0 Å². The van der Waals surface area contributed by atoms with Gasteiger partial charge in [0.05, 0.1) is 6.26 Å². The summed E-state index contributed by atoms with van der Waals surface area (Å²) in [5.74, 6) is 0.549. The van der Waals surface area contributed by atoms with E-state index in [1.807, 2.05) is 12.1 Å². The van der Waals surface area contributed by atoms with Gasteiger partial charge in [-0.25, -0.2) is 0 Å². The molecule has 2 heteroatoms. The molecule has 0 N–H and O–H groups in total. The molecule has 0 unspecified atom stereocenters. The second-order valence-corrected chi connectivity index (χ2v) is 5.66. The molecule has 0 saturated carbocycles. The molecule has 1 aromatic carbocycles. The predicted molar refractivity (Wildman–Crippen MR) is 73.4 cm³/mol. The molecule has 4 rings (SSSR count). The second-order valence-electron chi connectivity index (χ2n) is 5.66. The van der Waals surface area contributed by atoms with Gasteiger partial charge in [-0.2, -0.15) is 0 Å². The summed E-state index contributed by atoms with van der Waals surface area (Å²) in [6.07, 6.45) is 6.85. The zero-order valence-electron chi connectivity index (χ0n) is 11.0. The highest BCUT2D eigenvalue weighted by Crippen LogP contribution is 2.49. The van der Waals surface area contributed by atoms with E-state index < -0.39 is 0 Å². The van der Waals surface area contributed by atoms with E-state index >= 15 is 0 Å². The predicted octanol–water partition coefficient (Wildman–Crippen LogP) is 3.86. The fourth-order valence-electron chi connectivity index (χ4n) is 3.69. The van der Waals surface area contributed by atoms with Gasteiger partial charge in [-0.05, 0) is 24.5 Å². The van der Waals surface area contributed by atoms with Crippen molar-refractivity contribution in [1.82, 2.24) is 0 Å². The molecular weight excluding hydrogens is 236 g/mol. The Hall–Kier alpha value is -2.09. The van der Waals surface area contributed by atoms with E-state index in [0.717, 1.165) is 23.1 Å². The van der Waals surface area contributed by atoms with Crippen LogP contribution in [0.3, 0.4) is 0 Å². The van der Waals surface area contributed by atoms with Crippen LogP contribution >= 0.6 is 0 Å². The Morgan fingerprint density at radius 1 is 1.26 bits per heavy atom. The number of allylic oxidation sites excluding steroid dienone is 1. The number of furan rings is 1. The topological polar surface area (TPSA) is 30.2 Å². The Labute approximate surface area is 111 Å². The van der Waals surface area contributed by atoms with E-state index in [9.17, 15) is 4.79 Å². The van der Waals surface area contributed by atoms with Gasteiger partial charge in [-0.15, -0.1) is 0 Å². The van der Waals surface area contributed by atoms with Crippen molar-refractivity contribution in [2.45, 2.75) is 25.7 Å². The van der Waals surface area contributed by atoms with Crippen molar-refractivity contribution in [2.24, 2.45) is 0 Å². The van der Waals surface area contributed by atoms with E-state index in [4.69, 9.17) is 4.42 Å². The first-order valence-corrected chi connectivity index (χ1v) is 6.56. The Bertz CT molecular complexity index is 749. The lowest BCUT2D eigenvalue weighted by Gasteiger charge is -2.37. The van der Waals surface area contributed by atoms with E-state index in [1.54, 1.807) is 6.26 Å². The summed E-state index contributed by atoms with van der Waals surface area (Å²) in [4.78, 5) is 12.6. The molecule has 2 aliphatic carbocycles. The van der Waals surface area contributed by atoms with Crippen LogP contribution in [-0.4, -0.2) is 5.78 Å². The first kappa shape index (κ1) is 10.8. The molecular formula is C17H14O2. The van der Waals surface area contributed by atoms with Crippen molar-refractivity contribution < 1.29 is 9.21 Å². The van der Waals surface area contributed by atoms with Crippen molar-refractivity contribution in [3.63, 3.8) is 0 Å². The number of ketones is 1. The van der Waals surface area contributed by atoms with Gasteiger partial charge in [0.1, 0.15) is 0 Å². The zero-order chi connectivity index (χ0) is 13.2. The van der Waals surface area contributed by atoms with Crippen molar-refractivity contribution in [2.75, 3.05) is 0 Å². The van der Waals surface area contributed by atoms with Crippen LogP contribution in [0.1, 0.15) is 51.7 Å². The molecule has 19 heavy (non-hydrogen) atoms. The van der Waals surface area contributed by atoms with Gasteiger partial charge in [-0.3, -0.25) is 4.79 Å². The van der Waals surface area contributed by atoms with Crippen molar-refractivity contribution in [3.05, 3.63) is 64.1 Å². The third-order valence-electron chi connectivity index (χ3n) is 4.47. The summed E-state index contributed by atoms with van der Waals surface area (Å²) in [5, 5.41) is 0. The molecule has 2 aromatic rings. The van der Waals surface area contributed by atoms with Crippen molar-refractivity contribution >= 4 is 11.9 Å². The Balaban J connectivity index is 2.17. The highest BCUT2D eigenvalue weighted by molar-refractivity contribution is 6.12. The Morgan fingerprint density at radius 3 is 2.95 bits per heavy atom. The minimum Gasteiger partial charge on any atom is -0.460 e. The smallest absolute Gasteiger partial charge is 0.228 e. The summed E-state index contributed by atoms with van der Waals surface area (Å²) >= 11 is 0. The molecule has 0 saturated heterocycles. The second kappa shape index (κ2) is 3.27. The van der Waals surface area contributed by atoms with Crippen LogP contribution < -0.4 is 0 Å². The number of carbonyl (C=O) groups is 1. The van der Waals surface area contributed by atoms with E-state index in [2.05, 4.69) is 32.1 Å². The van der Waals surface area contributed by atoms with E-state index in [0.29, 0.717) is 5.76 Å². The molecule has 0 fully saturated rings. The Kier molecular flexibility index (Phi) is 1.86. The van der Waals surface area contributed by atoms with Crippen LogP contribution in [0.2, 0.25) is 0 Å². The number of carbonyl (C=O) groups excluding carboxylic acids is 1. The average Bonchev–Trinajstić information content (AvgIpc) is 2.82. The van der Waals surface area contributed by atoms with Gasteiger partial charge in [0.2, 0.25) is 5.78 Å². The minimum atomic E-state index is -0.138. The van der Waals surface area contributed by atoms with Crippen LogP contribution in [0.4, 0.5) is 0 Å². The standard InChI is InChI=1S/C17H14O2/c1-10-5-3-7-12-13(10)17(2)8-4-6-11-9-19-16(14(11)17)15(12)18/h3-7,9H,8H2,1-2H3/t17-/m1/s1. The fourth-order valence-corrected chi connectivity index (χ4v) is 3.69. The number of benzene rings is 1. The maximum atomic E-state index is 12.6. The van der Waals surface area contributed by atoms with Crippen LogP contribution in [-0.2, 0) is 5.41 Å². The molecule has 1 heterocycles. The molecule has 1 aromatic heterocycles. The zero-order valence-corrected chi connectivity index (χ0v) is 11.0. The lowest BCUT2D eigenvalue weighted by Crippen LogP contribution is -2.34. The van der Waals surface area contributed by atoms with Crippen LogP contribution in [0, 0.1) is 6.92 Å². The molecule has 94 valence electrons. The fraction of sp³-hybridized carbons (Fsp3) is 0.235. The number of hydrogen-bond acceptors (Lipinski definition) is 2. The SMILES string of the molecule is Cc1cccc2c1[C@@]1(C)CC=Cc3coc(c31)C2=O. The Morgan fingerprint density at radius 2 is 2.11 bits per heavy atom. The molecule has 1 atom stereocenters. The van der Waals surface area contributed by atoms with Crippen LogP contribution in [0.25, 0.3) is 6.08 Å². The quantitative estimate of drug-likeness (QED) is 0.710. The lowest BCUT2D eigenvalue weighted by atomic mass is 9.63. The maximum absolute atomic E-state index is 12.6. The van der Waals surface area contributed by atoms with Gasteiger partial charge >= 0.3 is 0 Å². The summed E-state index contributed by atoms with van der Waals surface area (Å²) in [5.41, 5.74) is 5.13. The molecule has 0 aliphatic heterocycles. The van der Waals surface area contributed by atoms with E-state index in [1.165, 1.54) is 11.1 Å². The highest BCUT2D eigenvalue weighted by atomic mass is 16.3. The summed E-state index contributed by atoms with van der Waals surface area (Å²) < 4.78 is 5.56. The third-order valence-corrected chi connectivity index (χ3v) is 4.47. The molecule has 0 bridgehead atoms. The summed E-state index contributed by atoms with van der Waals surface area (Å²) in [7, 11) is 0. The first-order valence-electron chi connectivity index (χ1n) is 6.56. The third kappa shape index (κ3) is 1.14. The molecule has 2 nitrogen and oxygen atoms in total. The van der Waals surface area contributed by atoms with E-state index in [-0.39, 0.29) is 11.2 Å². The molecule has 2 aliphatic rings. The highest BCUT2D eigenvalue weighted by Gasteiger charge is 2.45. The number of aryl methyl sites for hydroxylation is 1. The lowest BCUT2D eigenvalue weighted by molar-refractivity contribution is 0.0999. The summed E-state index contributed by atoms with van der Waals surface area (Å²) in [6.45, 7) is 4.30. The molecule has 0 amide bonds. The van der Waals surface area contributed by atoms with Gasteiger partial charge in [0.15, 0.2) is 5.76 Å². The van der Waals surface area contributed by atoms with Gasteiger partial charge < -0.3 is 4.42 Å². The normalized spacial score (nSPS) is 23.2. The number of hydrogen-bond donors (Lipinski definition) is 0. The first-order chi connectivity index (χ1) is 9.13. The maximum Gasteiger partial charge on any atom is 0.228 e. The minimum absolute atomic E-state index is 0.0210. The molecule has 0 spiro atoms. The molecule has 0 radical (unpaired) electrons. The number of fused-ring (bicyclic) bond motifs is 2. The van der Waals surface area contributed by atoms with Gasteiger partial charge in [0, 0.05) is 22.1 Å². The summed E-state index contributed by atoms with van der Waals surface area (Å²) in [6, 6.07) is 5.95. The van der Waals surface area contributed by atoms with Crippen molar-refractivity contribution in [1.29, 1.82) is 0 Å². The van der Waals surface area contributed by atoms with Gasteiger partial charge in [0.25, 0.3) is 0 Å². The van der Waals surface area contributed by atoms with Crippen molar-refractivity contribution in [3.8, 4) is 0 Å². The number of rotatable bonds is 0. The largest absolute Gasteiger partial charge is 0.460 e.